The third-order valence-electron chi connectivity index (χ3n) is 3.26. The van der Waals surface area contributed by atoms with Gasteiger partial charge in [-0.15, -0.1) is 0 Å². The van der Waals surface area contributed by atoms with E-state index in [1.807, 2.05) is 43.3 Å². The van der Waals surface area contributed by atoms with Gasteiger partial charge in [-0.1, -0.05) is 35.5 Å². The summed E-state index contributed by atoms with van der Waals surface area (Å²) in [5.41, 5.74) is 4.13. The number of hydrazone groups is 1. The number of carbonyl (C=O) groups is 1. The lowest BCUT2D eigenvalue weighted by Crippen LogP contribution is -2.18. The number of furan rings is 1. The molecule has 0 aliphatic carbocycles. The molecule has 6 heteroatoms. The van der Waals surface area contributed by atoms with Gasteiger partial charge in [0.15, 0.2) is 0 Å². The molecule has 1 N–H and O–H groups in total. The molecule has 0 bridgehead atoms. The Morgan fingerprint density at radius 2 is 1.96 bits per heavy atom. The van der Waals surface area contributed by atoms with E-state index in [0.29, 0.717) is 22.8 Å². The summed E-state index contributed by atoms with van der Waals surface area (Å²) in [7, 11) is 0. The fourth-order valence-corrected chi connectivity index (χ4v) is 2.17. The van der Waals surface area contributed by atoms with Crippen LogP contribution in [-0.4, -0.2) is 17.3 Å². The molecule has 3 rings (SSSR count). The highest BCUT2D eigenvalue weighted by Gasteiger charge is 2.21. The summed E-state index contributed by atoms with van der Waals surface area (Å²) in [5, 5.41) is 7.87. The average molecular weight is 309 g/mol. The van der Waals surface area contributed by atoms with Gasteiger partial charge in [-0.2, -0.15) is 5.10 Å². The summed E-state index contributed by atoms with van der Waals surface area (Å²) < 4.78 is 10.5. The van der Waals surface area contributed by atoms with Crippen molar-refractivity contribution < 1.29 is 13.7 Å². The van der Waals surface area contributed by atoms with Gasteiger partial charge >= 0.3 is 0 Å². The van der Waals surface area contributed by atoms with Crippen LogP contribution in [-0.2, 0) is 0 Å². The summed E-state index contributed by atoms with van der Waals surface area (Å²) in [4.78, 5) is 12.4. The Labute approximate surface area is 132 Å². The second kappa shape index (κ2) is 6.31. The lowest BCUT2D eigenvalue weighted by atomic mass is 10.1. The molecule has 1 amide bonds. The SMILES string of the molecule is Cc1ccc(C=NNC(=O)c2c(-c3ccccc3)noc2C)o1. The Kier molecular flexibility index (Phi) is 4.05. The maximum absolute atomic E-state index is 12.4. The predicted octanol–water partition coefficient (Wildman–Crippen LogP) is 3.32. The molecule has 2 heterocycles. The van der Waals surface area contributed by atoms with E-state index in [1.54, 1.807) is 13.0 Å². The Bertz CT molecular complexity index is 847. The van der Waals surface area contributed by atoms with Gasteiger partial charge in [-0.3, -0.25) is 4.79 Å². The number of amides is 1. The lowest BCUT2D eigenvalue weighted by Gasteiger charge is -2.01. The number of rotatable bonds is 4. The zero-order valence-corrected chi connectivity index (χ0v) is 12.7. The summed E-state index contributed by atoms with van der Waals surface area (Å²) in [5.74, 6) is 1.39. The van der Waals surface area contributed by atoms with Crippen LogP contribution in [0.1, 0.15) is 27.6 Å². The minimum atomic E-state index is -0.387. The molecule has 0 saturated heterocycles. The number of benzene rings is 1. The van der Waals surface area contributed by atoms with Crippen LogP contribution < -0.4 is 5.43 Å². The molecule has 23 heavy (non-hydrogen) atoms. The maximum Gasteiger partial charge on any atom is 0.277 e. The molecular formula is C17H15N3O3. The van der Waals surface area contributed by atoms with Crippen molar-refractivity contribution in [2.24, 2.45) is 5.10 Å². The molecular weight excluding hydrogens is 294 g/mol. The second-order valence-electron chi connectivity index (χ2n) is 4.98. The Morgan fingerprint density at radius 3 is 2.65 bits per heavy atom. The zero-order valence-electron chi connectivity index (χ0n) is 12.7. The Morgan fingerprint density at radius 1 is 1.17 bits per heavy atom. The number of carbonyl (C=O) groups excluding carboxylic acids is 1. The second-order valence-corrected chi connectivity index (χ2v) is 4.98. The van der Waals surface area contributed by atoms with Crippen LogP contribution in [0.3, 0.4) is 0 Å². The first-order chi connectivity index (χ1) is 11.1. The number of nitrogens with one attached hydrogen (secondary N) is 1. The number of aryl methyl sites for hydroxylation is 2. The summed E-state index contributed by atoms with van der Waals surface area (Å²) in [6.45, 7) is 3.52. The molecule has 0 unspecified atom stereocenters. The van der Waals surface area contributed by atoms with Gasteiger partial charge in [0.25, 0.3) is 5.91 Å². The monoisotopic (exact) mass is 309 g/mol. The van der Waals surface area contributed by atoms with Crippen molar-refractivity contribution in [3.63, 3.8) is 0 Å². The first-order valence-corrected chi connectivity index (χ1v) is 7.06. The van der Waals surface area contributed by atoms with Crippen molar-refractivity contribution >= 4 is 12.1 Å². The van der Waals surface area contributed by atoms with Gasteiger partial charge in [-0.25, -0.2) is 5.43 Å². The predicted molar refractivity (Wildman–Crippen MR) is 85.2 cm³/mol. The molecule has 1 aromatic carbocycles. The van der Waals surface area contributed by atoms with Crippen LogP contribution in [0, 0.1) is 13.8 Å². The average Bonchev–Trinajstić information content (AvgIpc) is 3.14. The van der Waals surface area contributed by atoms with Crippen molar-refractivity contribution in [3.8, 4) is 11.3 Å². The van der Waals surface area contributed by atoms with Crippen molar-refractivity contribution in [1.29, 1.82) is 0 Å². The number of aromatic nitrogens is 1. The molecule has 0 radical (unpaired) electrons. The van der Waals surface area contributed by atoms with E-state index >= 15 is 0 Å². The number of hydrogen-bond donors (Lipinski definition) is 1. The highest BCUT2D eigenvalue weighted by molar-refractivity contribution is 6.01. The van der Waals surface area contributed by atoms with E-state index in [2.05, 4.69) is 15.7 Å². The Balaban J connectivity index is 1.80. The van der Waals surface area contributed by atoms with E-state index in [1.165, 1.54) is 6.21 Å². The van der Waals surface area contributed by atoms with Crippen molar-refractivity contribution in [3.05, 3.63) is 65.3 Å². The molecule has 0 aliphatic heterocycles. The first-order valence-electron chi connectivity index (χ1n) is 7.06. The minimum Gasteiger partial charge on any atom is -0.460 e. The van der Waals surface area contributed by atoms with Crippen LogP contribution in [0.25, 0.3) is 11.3 Å². The summed E-state index contributed by atoms with van der Waals surface area (Å²) in [6.07, 6.45) is 1.44. The molecule has 0 saturated carbocycles. The lowest BCUT2D eigenvalue weighted by molar-refractivity contribution is 0.0954. The fraction of sp³-hybridized carbons (Fsp3) is 0.118. The third kappa shape index (κ3) is 3.21. The largest absolute Gasteiger partial charge is 0.460 e. The van der Waals surface area contributed by atoms with Gasteiger partial charge in [0.05, 0.1) is 6.21 Å². The van der Waals surface area contributed by atoms with Crippen molar-refractivity contribution in [1.82, 2.24) is 10.6 Å². The maximum atomic E-state index is 12.4. The molecule has 0 atom stereocenters. The van der Waals surface area contributed by atoms with E-state index in [4.69, 9.17) is 8.94 Å². The molecule has 2 aromatic heterocycles. The molecule has 0 spiro atoms. The Hall–Kier alpha value is -3.15. The van der Waals surface area contributed by atoms with Crippen molar-refractivity contribution in [2.75, 3.05) is 0 Å². The van der Waals surface area contributed by atoms with E-state index in [-0.39, 0.29) is 5.91 Å². The minimum absolute atomic E-state index is 0.365. The van der Waals surface area contributed by atoms with E-state index in [0.717, 1.165) is 11.3 Å². The highest BCUT2D eigenvalue weighted by Crippen LogP contribution is 2.24. The quantitative estimate of drug-likeness (QED) is 0.592. The number of hydrogen-bond acceptors (Lipinski definition) is 5. The highest BCUT2D eigenvalue weighted by atomic mass is 16.5. The summed E-state index contributed by atoms with van der Waals surface area (Å²) in [6, 6.07) is 13.0. The van der Waals surface area contributed by atoms with E-state index in [9.17, 15) is 4.79 Å². The van der Waals surface area contributed by atoms with Crippen LogP contribution in [0.4, 0.5) is 0 Å². The van der Waals surface area contributed by atoms with Gasteiger partial charge in [0, 0.05) is 5.56 Å². The van der Waals surface area contributed by atoms with Crippen LogP contribution in [0.5, 0.6) is 0 Å². The molecule has 116 valence electrons. The van der Waals surface area contributed by atoms with Gasteiger partial charge in [0.2, 0.25) is 0 Å². The molecule has 0 fully saturated rings. The number of nitrogens with zero attached hydrogens (tertiary/aromatic N) is 2. The van der Waals surface area contributed by atoms with Crippen LogP contribution in [0.15, 0.2) is 56.5 Å². The first kappa shape index (κ1) is 14.8. The van der Waals surface area contributed by atoms with Crippen LogP contribution in [0.2, 0.25) is 0 Å². The molecule has 6 nitrogen and oxygen atoms in total. The van der Waals surface area contributed by atoms with Gasteiger partial charge in [-0.05, 0) is 26.0 Å². The zero-order chi connectivity index (χ0) is 16.2. The van der Waals surface area contributed by atoms with Gasteiger partial charge in [0.1, 0.15) is 28.5 Å². The van der Waals surface area contributed by atoms with E-state index < -0.39 is 0 Å². The molecule has 3 aromatic rings. The van der Waals surface area contributed by atoms with Gasteiger partial charge < -0.3 is 8.94 Å². The molecule has 0 aliphatic rings. The topological polar surface area (TPSA) is 80.6 Å². The van der Waals surface area contributed by atoms with Crippen LogP contribution >= 0.6 is 0 Å². The third-order valence-corrected chi connectivity index (χ3v) is 3.26. The standard InChI is InChI=1S/C17H15N3O3/c1-11-8-9-14(22-11)10-18-19-17(21)15-12(2)23-20-16(15)13-6-4-3-5-7-13/h3-10H,1-2H3,(H,19,21). The normalized spacial score (nSPS) is 11.0. The van der Waals surface area contributed by atoms with Crippen molar-refractivity contribution in [2.45, 2.75) is 13.8 Å². The fourth-order valence-electron chi connectivity index (χ4n) is 2.17. The summed E-state index contributed by atoms with van der Waals surface area (Å²) >= 11 is 0. The smallest absolute Gasteiger partial charge is 0.277 e.